The fourth-order valence-electron chi connectivity index (χ4n) is 4.00. The van der Waals surface area contributed by atoms with Gasteiger partial charge in [0.2, 0.25) is 11.6 Å². The molecule has 0 fully saturated rings. The number of likely N-dealkylation sites (N-methyl/N-ethyl adjacent to an activating group) is 2. The van der Waals surface area contributed by atoms with Crippen LogP contribution in [0.15, 0.2) is 24.5 Å². The summed E-state index contributed by atoms with van der Waals surface area (Å²) in [5, 5.41) is 14.8. The Balaban J connectivity index is 1.78. The Kier molecular flexibility index (Phi) is 5.32. The summed E-state index contributed by atoms with van der Waals surface area (Å²) in [4.78, 5) is 34.3. The first-order valence-corrected chi connectivity index (χ1v) is 10.0. The predicted octanol–water partition coefficient (Wildman–Crippen LogP) is 2.37. The smallest absolute Gasteiger partial charge is 0.235 e. The third-order valence-corrected chi connectivity index (χ3v) is 5.62. The fourth-order valence-corrected chi connectivity index (χ4v) is 4.00. The Morgan fingerprint density at radius 2 is 1.80 bits per heavy atom. The number of carbonyl (C=O) groups excluding carboxylic acids is 2. The Bertz CT molecular complexity index is 1170. The van der Waals surface area contributed by atoms with Gasteiger partial charge in [-0.25, -0.2) is 0 Å². The van der Waals surface area contributed by atoms with E-state index in [0.29, 0.717) is 28.6 Å². The number of H-pyrrole nitrogens is 2. The molecule has 4 rings (SSSR count). The molecular formula is C23H26N4O3. The summed E-state index contributed by atoms with van der Waals surface area (Å²) in [6.07, 6.45) is 6.75. The number of phenols is 1. The lowest BCUT2D eigenvalue weighted by atomic mass is 9.87. The van der Waals surface area contributed by atoms with E-state index < -0.39 is 11.6 Å². The van der Waals surface area contributed by atoms with Crippen molar-refractivity contribution in [3.05, 3.63) is 52.5 Å². The Morgan fingerprint density at radius 3 is 2.53 bits per heavy atom. The van der Waals surface area contributed by atoms with Crippen molar-refractivity contribution in [1.29, 1.82) is 0 Å². The van der Waals surface area contributed by atoms with Crippen molar-refractivity contribution in [2.24, 2.45) is 0 Å². The first kappa shape index (κ1) is 20.1. The number of benzene rings is 1. The third-order valence-electron chi connectivity index (χ3n) is 5.62. The van der Waals surface area contributed by atoms with Gasteiger partial charge in [0.1, 0.15) is 5.75 Å². The molecule has 0 spiro atoms. The second kappa shape index (κ2) is 7.93. The van der Waals surface area contributed by atoms with E-state index >= 15 is 0 Å². The van der Waals surface area contributed by atoms with Crippen molar-refractivity contribution in [2.75, 3.05) is 34.2 Å². The molecule has 1 aliphatic rings. The number of rotatable bonds is 7. The van der Waals surface area contributed by atoms with E-state index in [4.69, 9.17) is 0 Å². The highest BCUT2D eigenvalue weighted by Gasteiger charge is 2.33. The SMILES string of the molecule is CNCCc1c[nH]c2ccc(C3=Cc4[nH]cc(CCN(C)C)c4C(=O)C3=O)c(O)c12. The van der Waals surface area contributed by atoms with E-state index in [1.165, 1.54) is 0 Å². The molecule has 0 unspecified atom stereocenters. The number of ketones is 2. The molecule has 7 nitrogen and oxygen atoms in total. The number of allylic oxidation sites excluding steroid dienone is 1. The molecule has 0 radical (unpaired) electrons. The van der Waals surface area contributed by atoms with Crippen LogP contribution in [-0.4, -0.2) is 65.8 Å². The minimum Gasteiger partial charge on any atom is -0.507 e. The lowest BCUT2D eigenvalue weighted by molar-refractivity contribution is -0.110. The molecule has 1 aliphatic carbocycles. The van der Waals surface area contributed by atoms with Gasteiger partial charge >= 0.3 is 0 Å². The van der Waals surface area contributed by atoms with Crippen molar-refractivity contribution in [3.8, 4) is 5.75 Å². The van der Waals surface area contributed by atoms with Gasteiger partial charge in [-0.1, -0.05) is 0 Å². The number of aromatic hydroxyl groups is 1. The van der Waals surface area contributed by atoms with E-state index in [-0.39, 0.29) is 11.3 Å². The summed E-state index contributed by atoms with van der Waals surface area (Å²) in [6, 6.07) is 3.52. The van der Waals surface area contributed by atoms with Gasteiger partial charge in [-0.3, -0.25) is 9.59 Å². The van der Waals surface area contributed by atoms with Crippen LogP contribution in [0.5, 0.6) is 5.75 Å². The maximum Gasteiger partial charge on any atom is 0.235 e. The van der Waals surface area contributed by atoms with Gasteiger partial charge in [0.25, 0.3) is 0 Å². The lowest BCUT2D eigenvalue weighted by Gasteiger charge is -2.16. The lowest BCUT2D eigenvalue weighted by Crippen LogP contribution is -2.22. The molecule has 3 aromatic rings. The molecule has 0 amide bonds. The van der Waals surface area contributed by atoms with E-state index in [0.717, 1.165) is 36.2 Å². The van der Waals surface area contributed by atoms with Crippen LogP contribution in [0.1, 0.15) is 32.7 Å². The number of aromatic nitrogens is 2. The maximum absolute atomic E-state index is 13.0. The minimum atomic E-state index is -0.588. The third kappa shape index (κ3) is 3.36. The Labute approximate surface area is 174 Å². The average Bonchev–Trinajstić information content (AvgIpc) is 3.32. The van der Waals surface area contributed by atoms with Crippen LogP contribution in [0.25, 0.3) is 22.6 Å². The van der Waals surface area contributed by atoms with E-state index in [1.54, 1.807) is 18.3 Å². The van der Waals surface area contributed by atoms with Crippen LogP contribution in [-0.2, 0) is 17.6 Å². The molecule has 1 aromatic carbocycles. The molecular weight excluding hydrogens is 380 g/mol. The highest BCUT2D eigenvalue weighted by molar-refractivity contribution is 6.61. The highest BCUT2D eigenvalue weighted by Crippen LogP contribution is 2.38. The number of aromatic amines is 2. The molecule has 0 saturated heterocycles. The van der Waals surface area contributed by atoms with Crippen LogP contribution in [0, 0.1) is 0 Å². The molecule has 2 aromatic heterocycles. The summed E-state index contributed by atoms with van der Waals surface area (Å²) in [5.74, 6) is -1.09. The zero-order valence-corrected chi connectivity index (χ0v) is 17.4. The molecule has 0 saturated carbocycles. The van der Waals surface area contributed by atoms with Crippen molar-refractivity contribution in [2.45, 2.75) is 12.8 Å². The topological polar surface area (TPSA) is 101 Å². The van der Waals surface area contributed by atoms with Gasteiger partial charge in [-0.05, 0) is 69.9 Å². The zero-order valence-electron chi connectivity index (χ0n) is 17.4. The number of hydrogen-bond donors (Lipinski definition) is 4. The molecule has 156 valence electrons. The second-order valence-corrected chi connectivity index (χ2v) is 7.92. The van der Waals surface area contributed by atoms with Crippen molar-refractivity contribution < 1.29 is 14.7 Å². The molecule has 0 aliphatic heterocycles. The quantitative estimate of drug-likeness (QED) is 0.451. The normalized spacial score (nSPS) is 13.9. The van der Waals surface area contributed by atoms with Crippen molar-refractivity contribution in [3.63, 3.8) is 0 Å². The highest BCUT2D eigenvalue weighted by atomic mass is 16.3. The van der Waals surface area contributed by atoms with Crippen molar-refractivity contribution in [1.82, 2.24) is 20.2 Å². The van der Waals surface area contributed by atoms with E-state index in [2.05, 4.69) is 15.3 Å². The second-order valence-electron chi connectivity index (χ2n) is 7.92. The summed E-state index contributed by atoms with van der Waals surface area (Å²) >= 11 is 0. The van der Waals surface area contributed by atoms with Crippen LogP contribution in [0.2, 0.25) is 0 Å². The van der Waals surface area contributed by atoms with Gasteiger partial charge < -0.3 is 25.3 Å². The molecule has 0 bridgehead atoms. The first-order valence-electron chi connectivity index (χ1n) is 10.0. The summed E-state index contributed by atoms with van der Waals surface area (Å²) < 4.78 is 0. The van der Waals surface area contributed by atoms with Crippen LogP contribution in [0.4, 0.5) is 0 Å². The summed E-state index contributed by atoms with van der Waals surface area (Å²) in [6.45, 7) is 1.54. The number of fused-ring (bicyclic) bond motifs is 2. The number of hydrogen-bond acceptors (Lipinski definition) is 5. The van der Waals surface area contributed by atoms with Crippen LogP contribution < -0.4 is 5.32 Å². The number of Topliss-reactive ketones (excluding diaryl/α,β-unsaturated/α-hetero) is 2. The number of phenolic OH excluding ortho intramolecular Hbond substituents is 1. The van der Waals surface area contributed by atoms with Gasteiger partial charge in [-0.15, -0.1) is 0 Å². The number of carbonyl (C=O) groups is 2. The van der Waals surface area contributed by atoms with Crippen LogP contribution in [0.3, 0.4) is 0 Å². The summed E-state index contributed by atoms with van der Waals surface area (Å²) in [7, 11) is 5.81. The largest absolute Gasteiger partial charge is 0.507 e. The average molecular weight is 406 g/mol. The van der Waals surface area contributed by atoms with Gasteiger partial charge in [-0.2, -0.15) is 0 Å². The molecule has 7 heteroatoms. The first-order chi connectivity index (χ1) is 14.4. The number of nitrogens with one attached hydrogen (secondary N) is 3. The van der Waals surface area contributed by atoms with Gasteiger partial charge in [0.15, 0.2) is 0 Å². The maximum atomic E-state index is 13.0. The zero-order chi connectivity index (χ0) is 21.4. The predicted molar refractivity (Wildman–Crippen MR) is 118 cm³/mol. The molecule has 4 N–H and O–H groups in total. The monoisotopic (exact) mass is 406 g/mol. The van der Waals surface area contributed by atoms with Gasteiger partial charge in [0.05, 0.1) is 11.3 Å². The molecule has 2 heterocycles. The van der Waals surface area contributed by atoms with Gasteiger partial charge in [0, 0.05) is 41.0 Å². The summed E-state index contributed by atoms with van der Waals surface area (Å²) in [5.41, 5.74) is 4.25. The van der Waals surface area contributed by atoms with Crippen LogP contribution >= 0.6 is 0 Å². The Morgan fingerprint density at radius 1 is 1.03 bits per heavy atom. The molecule has 0 atom stereocenters. The van der Waals surface area contributed by atoms with E-state index in [1.807, 2.05) is 38.3 Å². The molecule has 30 heavy (non-hydrogen) atoms. The van der Waals surface area contributed by atoms with E-state index in [9.17, 15) is 14.7 Å². The van der Waals surface area contributed by atoms with Crippen molar-refractivity contribution >= 4 is 34.1 Å². The minimum absolute atomic E-state index is 0.0232. The Hall–Kier alpha value is -3.16. The standard InChI is InChI=1S/C23H26N4O3/c1-24-8-6-13-11-25-17-5-4-15(21(28)19(13)17)16-10-18-20(23(30)22(16)29)14(12-26-18)7-9-27(2)3/h4-5,10-12,24-26,28H,6-9H2,1-3H3. The number of nitrogens with zero attached hydrogens (tertiary/aromatic N) is 1. The fraction of sp³-hybridized carbons (Fsp3) is 0.304.